The Bertz CT molecular complexity index is 829. The van der Waals surface area contributed by atoms with Crippen LogP contribution in [0.4, 0.5) is 0 Å². The van der Waals surface area contributed by atoms with Crippen LogP contribution < -0.4 is 4.74 Å². The highest BCUT2D eigenvalue weighted by atomic mass is 32.2. The van der Waals surface area contributed by atoms with Gasteiger partial charge in [-0.25, -0.2) is 8.42 Å². The van der Waals surface area contributed by atoms with E-state index in [0.29, 0.717) is 30.1 Å². The molecule has 0 radical (unpaired) electrons. The van der Waals surface area contributed by atoms with Crippen molar-refractivity contribution in [2.24, 2.45) is 0 Å². The third kappa shape index (κ3) is 4.04. The molecule has 1 aromatic heterocycles. The SMILES string of the molecule is CCOc1ccccc1C(=O)N(Cc1ccco1)C1CCS(=O)(=O)C1. The van der Waals surface area contributed by atoms with E-state index in [1.807, 2.05) is 6.92 Å². The minimum Gasteiger partial charge on any atom is -0.493 e. The summed E-state index contributed by atoms with van der Waals surface area (Å²) in [6.07, 6.45) is 1.98. The first kappa shape index (κ1) is 17.5. The quantitative estimate of drug-likeness (QED) is 0.788. The molecule has 0 N–H and O–H groups in total. The third-order valence-corrected chi connectivity index (χ3v) is 5.98. The number of nitrogens with zero attached hydrogens (tertiary/aromatic N) is 1. The molecule has 1 aliphatic heterocycles. The Morgan fingerprint density at radius 3 is 2.72 bits per heavy atom. The normalized spacial score (nSPS) is 18.8. The molecule has 3 rings (SSSR count). The van der Waals surface area contributed by atoms with Crippen molar-refractivity contribution in [3.05, 3.63) is 54.0 Å². The Kier molecular flexibility index (Phi) is 5.13. The molecule has 1 aromatic carbocycles. The van der Waals surface area contributed by atoms with Gasteiger partial charge in [-0.05, 0) is 37.6 Å². The van der Waals surface area contributed by atoms with Crippen LogP contribution >= 0.6 is 0 Å². The lowest BCUT2D eigenvalue weighted by Crippen LogP contribution is -2.40. The Morgan fingerprint density at radius 2 is 2.08 bits per heavy atom. The van der Waals surface area contributed by atoms with Gasteiger partial charge in [-0.3, -0.25) is 4.79 Å². The zero-order valence-corrected chi connectivity index (χ0v) is 14.9. The zero-order valence-electron chi connectivity index (χ0n) is 14.1. The number of para-hydroxylation sites is 1. The molecule has 1 atom stereocenters. The van der Waals surface area contributed by atoms with Crippen molar-refractivity contribution in [2.45, 2.75) is 25.9 Å². The minimum atomic E-state index is -3.11. The standard InChI is InChI=1S/C18H21NO5S/c1-2-23-17-8-4-3-7-16(17)18(20)19(12-15-6-5-10-24-15)14-9-11-25(21,22)13-14/h3-8,10,14H,2,9,11-13H2,1H3. The van der Waals surface area contributed by atoms with Crippen molar-refractivity contribution in [3.8, 4) is 5.75 Å². The first-order valence-corrected chi connectivity index (χ1v) is 10.1. The van der Waals surface area contributed by atoms with Crippen LogP contribution in [-0.4, -0.2) is 43.4 Å². The maximum absolute atomic E-state index is 13.2. The molecule has 1 saturated heterocycles. The monoisotopic (exact) mass is 363 g/mol. The van der Waals surface area contributed by atoms with E-state index in [1.54, 1.807) is 41.3 Å². The second-order valence-electron chi connectivity index (χ2n) is 6.00. The highest BCUT2D eigenvalue weighted by molar-refractivity contribution is 7.91. The van der Waals surface area contributed by atoms with Crippen molar-refractivity contribution in [1.29, 1.82) is 0 Å². The fourth-order valence-corrected chi connectivity index (χ4v) is 4.77. The number of carbonyl (C=O) groups excluding carboxylic acids is 1. The molecular formula is C18H21NO5S. The molecule has 6 nitrogen and oxygen atoms in total. The lowest BCUT2D eigenvalue weighted by atomic mass is 10.1. The van der Waals surface area contributed by atoms with E-state index in [4.69, 9.17) is 9.15 Å². The van der Waals surface area contributed by atoms with Gasteiger partial charge in [0.2, 0.25) is 0 Å². The van der Waals surface area contributed by atoms with Crippen LogP contribution in [-0.2, 0) is 16.4 Å². The van der Waals surface area contributed by atoms with Crippen LogP contribution in [0.15, 0.2) is 47.1 Å². The predicted molar refractivity (Wildman–Crippen MR) is 93.3 cm³/mol. The molecule has 0 bridgehead atoms. The summed E-state index contributed by atoms with van der Waals surface area (Å²) in [5.74, 6) is 0.956. The summed E-state index contributed by atoms with van der Waals surface area (Å²) in [5, 5.41) is 0. The molecular weight excluding hydrogens is 342 g/mol. The average molecular weight is 363 g/mol. The van der Waals surface area contributed by atoms with Gasteiger partial charge >= 0.3 is 0 Å². The van der Waals surface area contributed by atoms with Crippen LogP contribution in [0.5, 0.6) is 5.75 Å². The largest absolute Gasteiger partial charge is 0.493 e. The van der Waals surface area contributed by atoms with Crippen LogP contribution in [0.25, 0.3) is 0 Å². The Hall–Kier alpha value is -2.28. The highest BCUT2D eigenvalue weighted by Crippen LogP contribution is 2.26. The fraction of sp³-hybridized carbons (Fsp3) is 0.389. The first-order valence-electron chi connectivity index (χ1n) is 8.26. The number of hydrogen-bond acceptors (Lipinski definition) is 5. The van der Waals surface area contributed by atoms with Crippen molar-refractivity contribution in [1.82, 2.24) is 4.90 Å². The van der Waals surface area contributed by atoms with Gasteiger partial charge < -0.3 is 14.1 Å². The van der Waals surface area contributed by atoms with Crippen molar-refractivity contribution < 1.29 is 22.4 Å². The molecule has 0 aliphatic carbocycles. The topological polar surface area (TPSA) is 76.8 Å². The number of hydrogen-bond donors (Lipinski definition) is 0. The summed E-state index contributed by atoms with van der Waals surface area (Å²) in [6.45, 7) is 2.53. The molecule has 1 fully saturated rings. The lowest BCUT2D eigenvalue weighted by molar-refractivity contribution is 0.0662. The lowest BCUT2D eigenvalue weighted by Gasteiger charge is -2.28. The van der Waals surface area contributed by atoms with Gasteiger partial charge in [-0.1, -0.05) is 12.1 Å². The van der Waals surface area contributed by atoms with Gasteiger partial charge in [0.15, 0.2) is 9.84 Å². The predicted octanol–water partition coefficient (Wildman–Crippen LogP) is 2.51. The number of rotatable bonds is 6. The van der Waals surface area contributed by atoms with Gasteiger partial charge in [-0.15, -0.1) is 0 Å². The molecule has 2 aromatic rings. The molecule has 1 unspecified atom stereocenters. The van der Waals surface area contributed by atoms with E-state index in [2.05, 4.69) is 0 Å². The number of carbonyl (C=O) groups is 1. The van der Waals surface area contributed by atoms with E-state index in [0.717, 1.165) is 0 Å². The van der Waals surface area contributed by atoms with Crippen molar-refractivity contribution in [2.75, 3.05) is 18.1 Å². The average Bonchev–Trinajstić information content (AvgIpc) is 3.22. The summed E-state index contributed by atoms with van der Waals surface area (Å²) in [6, 6.07) is 10.2. The van der Waals surface area contributed by atoms with Crippen molar-refractivity contribution in [3.63, 3.8) is 0 Å². The third-order valence-electron chi connectivity index (χ3n) is 4.23. The first-order chi connectivity index (χ1) is 12.0. The molecule has 7 heteroatoms. The van der Waals surface area contributed by atoms with E-state index in [1.165, 1.54) is 6.26 Å². The number of amides is 1. The maximum Gasteiger partial charge on any atom is 0.258 e. The molecule has 2 heterocycles. The summed E-state index contributed by atoms with van der Waals surface area (Å²) >= 11 is 0. The van der Waals surface area contributed by atoms with E-state index in [-0.39, 0.29) is 30.0 Å². The minimum absolute atomic E-state index is 0.0176. The van der Waals surface area contributed by atoms with Gasteiger partial charge in [-0.2, -0.15) is 0 Å². The number of benzene rings is 1. The summed E-state index contributed by atoms with van der Waals surface area (Å²) in [4.78, 5) is 14.8. The Morgan fingerprint density at radius 1 is 1.28 bits per heavy atom. The van der Waals surface area contributed by atoms with E-state index in [9.17, 15) is 13.2 Å². The molecule has 0 saturated carbocycles. The molecule has 134 valence electrons. The summed E-state index contributed by atoms with van der Waals surface area (Å²) in [7, 11) is -3.11. The van der Waals surface area contributed by atoms with E-state index < -0.39 is 9.84 Å². The van der Waals surface area contributed by atoms with Crippen LogP contribution in [0.3, 0.4) is 0 Å². The smallest absolute Gasteiger partial charge is 0.258 e. The summed E-state index contributed by atoms with van der Waals surface area (Å²) < 4.78 is 34.7. The molecule has 1 aliphatic rings. The summed E-state index contributed by atoms with van der Waals surface area (Å²) in [5.41, 5.74) is 0.431. The number of sulfone groups is 1. The van der Waals surface area contributed by atoms with Crippen LogP contribution in [0, 0.1) is 0 Å². The van der Waals surface area contributed by atoms with Crippen LogP contribution in [0.1, 0.15) is 29.5 Å². The fourth-order valence-electron chi connectivity index (χ4n) is 3.04. The Balaban J connectivity index is 1.92. The number of ether oxygens (including phenoxy) is 1. The van der Waals surface area contributed by atoms with Gasteiger partial charge in [0, 0.05) is 6.04 Å². The number of furan rings is 1. The Labute approximate surface area is 147 Å². The van der Waals surface area contributed by atoms with Crippen LogP contribution in [0.2, 0.25) is 0 Å². The van der Waals surface area contributed by atoms with Crippen molar-refractivity contribution >= 4 is 15.7 Å². The zero-order chi connectivity index (χ0) is 17.9. The molecule has 1 amide bonds. The second kappa shape index (κ2) is 7.31. The maximum atomic E-state index is 13.2. The van der Waals surface area contributed by atoms with Gasteiger partial charge in [0.05, 0.1) is 36.5 Å². The molecule has 25 heavy (non-hydrogen) atoms. The molecule has 0 spiro atoms. The second-order valence-corrected chi connectivity index (χ2v) is 8.23. The van der Waals surface area contributed by atoms with Gasteiger partial charge in [0.25, 0.3) is 5.91 Å². The highest BCUT2D eigenvalue weighted by Gasteiger charge is 2.36. The van der Waals surface area contributed by atoms with E-state index >= 15 is 0 Å². The van der Waals surface area contributed by atoms with Gasteiger partial charge in [0.1, 0.15) is 11.5 Å².